The maximum Gasteiger partial charge on any atom is 0.233 e. The lowest BCUT2D eigenvalue weighted by Crippen LogP contribution is -2.21. The molecule has 2 aromatic rings. The van der Waals surface area contributed by atoms with Crippen LogP contribution in [0.2, 0.25) is 0 Å². The van der Waals surface area contributed by atoms with Crippen molar-refractivity contribution in [2.45, 2.75) is 40.0 Å². The molecule has 0 unspecified atom stereocenters. The van der Waals surface area contributed by atoms with Gasteiger partial charge in [0, 0.05) is 11.4 Å². The monoisotopic (exact) mass is 324 g/mol. The maximum absolute atomic E-state index is 12.0. The number of rotatable bonds is 5. The predicted molar refractivity (Wildman–Crippen MR) is 98.3 cm³/mol. The van der Waals surface area contributed by atoms with Crippen LogP contribution in [0, 0.1) is 13.8 Å². The van der Waals surface area contributed by atoms with Crippen molar-refractivity contribution in [1.82, 2.24) is 0 Å². The molecule has 0 aliphatic rings. The molecule has 0 radical (unpaired) electrons. The van der Waals surface area contributed by atoms with Crippen molar-refractivity contribution in [3.05, 3.63) is 59.2 Å². The molecule has 0 fully saturated rings. The summed E-state index contributed by atoms with van der Waals surface area (Å²) in [5.74, 6) is -0.207. The van der Waals surface area contributed by atoms with Gasteiger partial charge in [-0.3, -0.25) is 9.59 Å². The molecule has 24 heavy (non-hydrogen) atoms. The number of aryl methyl sites for hydroxylation is 2. The second-order valence-electron chi connectivity index (χ2n) is 6.35. The van der Waals surface area contributed by atoms with Crippen LogP contribution < -0.4 is 10.6 Å². The van der Waals surface area contributed by atoms with E-state index in [-0.39, 0.29) is 18.2 Å². The normalized spacial score (nSPS) is 10.5. The molecule has 0 heterocycles. The molecular formula is C20H24N2O2. The molecule has 0 aliphatic heterocycles. The Bertz CT molecular complexity index is 734. The van der Waals surface area contributed by atoms with E-state index in [0.717, 1.165) is 11.1 Å². The average molecular weight is 324 g/mol. The molecule has 126 valence electrons. The highest BCUT2D eigenvalue weighted by molar-refractivity contribution is 6.08. The van der Waals surface area contributed by atoms with Gasteiger partial charge in [-0.05, 0) is 60.7 Å². The minimum atomic E-state index is -0.325. The Morgan fingerprint density at radius 2 is 1.38 bits per heavy atom. The number of carbonyl (C=O) groups is 2. The summed E-state index contributed by atoms with van der Waals surface area (Å²) >= 11 is 0. The van der Waals surface area contributed by atoms with Crippen LogP contribution in [0.4, 0.5) is 11.4 Å². The third-order valence-electron chi connectivity index (χ3n) is 3.97. The van der Waals surface area contributed by atoms with Gasteiger partial charge in [-0.1, -0.05) is 32.0 Å². The van der Waals surface area contributed by atoms with Crippen molar-refractivity contribution >= 4 is 23.2 Å². The molecule has 2 aromatic carbocycles. The van der Waals surface area contributed by atoms with E-state index in [0.29, 0.717) is 17.3 Å². The molecule has 0 saturated heterocycles. The molecule has 0 aromatic heterocycles. The molecular weight excluding hydrogens is 300 g/mol. The molecule has 0 saturated carbocycles. The molecule has 0 aliphatic carbocycles. The second-order valence-corrected chi connectivity index (χ2v) is 6.35. The summed E-state index contributed by atoms with van der Waals surface area (Å²) in [6.07, 6.45) is -0.209. The number of anilines is 2. The van der Waals surface area contributed by atoms with Crippen molar-refractivity contribution in [1.29, 1.82) is 0 Å². The van der Waals surface area contributed by atoms with Crippen LogP contribution >= 0.6 is 0 Å². The lowest BCUT2D eigenvalue weighted by molar-refractivity contribution is -0.123. The molecule has 2 N–H and O–H groups in total. The van der Waals surface area contributed by atoms with E-state index in [4.69, 9.17) is 0 Å². The zero-order valence-corrected chi connectivity index (χ0v) is 14.6. The fourth-order valence-corrected chi connectivity index (χ4v) is 2.33. The van der Waals surface area contributed by atoms with E-state index in [1.165, 1.54) is 5.56 Å². The first-order chi connectivity index (χ1) is 11.3. The molecule has 2 amide bonds. The Kier molecular flexibility index (Phi) is 5.74. The number of hydrogen-bond acceptors (Lipinski definition) is 2. The summed E-state index contributed by atoms with van der Waals surface area (Å²) < 4.78 is 0. The van der Waals surface area contributed by atoms with Crippen molar-refractivity contribution < 1.29 is 9.59 Å². The van der Waals surface area contributed by atoms with Gasteiger partial charge >= 0.3 is 0 Å². The summed E-state index contributed by atoms with van der Waals surface area (Å²) in [6, 6.07) is 13.4. The highest BCUT2D eigenvalue weighted by Gasteiger charge is 2.10. The molecule has 2 rings (SSSR count). The number of amides is 2. The van der Waals surface area contributed by atoms with Crippen LogP contribution in [0.15, 0.2) is 42.5 Å². The van der Waals surface area contributed by atoms with Crippen LogP contribution in [0.25, 0.3) is 0 Å². The van der Waals surface area contributed by atoms with Crippen molar-refractivity contribution in [2.24, 2.45) is 0 Å². The highest BCUT2D eigenvalue weighted by atomic mass is 16.2. The van der Waals surface area contributed by atoms with E-state index in [9.17, 15) is 9.59 Å². The SMILES string of the molecule is Cc1ccc(NC(=O)CC(=O)Nc2ccc(C(C)C)cc2)cc1C. The standard InChI is InChI=1S/C20H24N2O2/c1-13(2)16-6-9-17(10-7-16)21-19(23)12-20(24)22-18-8-5-14(3)15(4)11-18/h5-11,13H,12H2,1-4H3,(H,21,23)(H,22,24). The van der Waals surface area contributed by atoms with Gasteiger partial charge in [0.1, 0.15) is 6.42 Å². The third kappa shape index (κ3) is 4.95. The summed E-state index contributed by atoms with van der Waals surface area (Å²) in [5.41, 5.74) is 4.87. The fraction of sp³-hybridized carbons (Fsp3) is 0.300. The third-order valence-corrected chi connectivity index (χ3v) is 3.97. The van der Waals surface area contributed by atoms with Crippen LogP contribution in [-0.2, 0) is 9.59 Å². The van der Waals surface area contributed by atoms with E-state index < -0.39 is 0 Å². The summed E-state index contributed by atoms with van der Waals surface area (Å²) in [4.78, 5) is 24.0. The smallest absolute Gasteiger partial charge is 0.233 e. The Morgan fingerprint density at radius 1 is 0.833 bits per heavy atom. The van der Waals surface area contributed by atoms with E-state index in [1.807, 2.05) is 56.3 Å². The van der Waals surface area contributed by atoms with Gasteiger partial charge in [0.2, 0.25) is 11.8 Å². The van der Waals surface area contributed by atoms with E-state index in [2.05, 4.69) is 24.5 Å². The topological polar surface area (TPSA) is 58.2 Å². The highest BCUT2D eigenvalue weighted by Crippen LogP contribution is 2.17. The molecule has 4 nitrogen and oxygen atoms in total. The number of nitrogens with one attached hydrogen (secondary N) is 2. The quantitative estimate of drug-likeness (QED) is 0.801. The zero-order chi connectivity index (χ0) is 17.7. The van der Waals surface area contributed by atoms with Crippen molar-refractivity contribution in [3.63, 3.8) is 0 Å². The van der Waals surface area contributed by atoms with Crippen molar-refractivity contribution in [2.75, 3.05) is 10.6 Å². The van der Waals surface area contributed by atoms with Crippen LogP contribution in [0.5, 0.6) is 0 Å². The average Bonchev–Trinajstić information content (AvgIpc) is 2.51. The minimum Gasteiger partial charge on any atom is -0.326 e. The second kappa shape index (κ2) is 7.77. The first-order valence-electron chi connectivity index (χ1n) is 8.12. The fourth-order valence-electron chi connectivity index (χ4n) is 2.33. The number of hydrogen-bond donors (Lipinski definition) is 2. The van der Waals surface area contributed by atoms with Crippen LogP contribution in [0.3, 0.4) is 0 Å². The zero-order valence-electron chi connectivity index (χ0n) is 14.6. The molecule has 0 atom stereocenters. The maximum atomic E-state index is 12.0. The molecule has 4 heteroatoms. The Balaban J connectivity index is 1.89. The van der Waals surface area contributed by atoms with Crippen LogP contribution in [0.1, 0.15) is 42.9 Å². The summed E-state index contributed by atoms with van der Waals surface area (Å²) in [7, 11) is 0. The summed E-state index contributed by atoms with van der Waals surface area (Å²) in [5, 5.41) is 5.50. The Hall–Kier alpha value is -2.62. The number of carbonyl (C=O) groups excluding carboxylic acids is 2. The van der Waals surface area contributed by atoms with E-state index >= 15 is 0 Å². The van der Waals surface area contributed by atoms with Gasteiger partial charge < -0.3 is 10.6 Å². The van der Waals surface area contributed by atoms with Gasteiger partial charge in [-0.2, -0.15) is 0 Å². The van der Waals surface area contributed by atoms with Crippen molar-refractivity contribution in [3.8, 4) is 0 Å². The first kappa shape index (κ1) is 17.7. The minimum absolute atomic E-state index is 0.209. The van der Waals surface area contributed by atoms with Gasteiger partial charge in [0.25, 0.3) is 0 Å². The largest absolute Gasteiger partial charge is 0.326 e. The van der Waals surface area contributed by atoms with Gasteiger partial charge in [0.05, 0.1) is 0 Å². The lowest BCUT2D eigenvalue weighted by atomic mass is 10.0. The lowest BCUT2D eigenvalue weighted by Gasteiger charge is -2.09. The summed E-state index contributed by atoms with van der Waals surface area (Å²) in [6.45, 7) is 8.23. The molecule has 0 spiro atoms. The predicted octanol–water partition coefficient (Wildman–Crippen LogP) is 4.39. The first-order valence-corrected chi connectivity index (χ1v) is 8.12. The Morgan fingerprint density at radius 3 is 1.92 bits per heavy atom. The van der Waals surface area contributed by atoms with E-state index in [1.54, 1.807) is 0 Å². The van der Waals surface area contributed by atoms with Crippen LogP contribution in [-0.4, -0.2) is 11.8 Å². The Labute approximate surface area is 143 Å². The number of benzene rings is 2. The van der Waals surface area contributed by atoms with Gasteiger partial charge in [0.15, 0.2) is 0 Å². The molecule has 0 bridgehead atoms. The van der Waals surface area contributed by atoms with Gasteiger partial charge in [-0.25, -0.2) is 0 Å². The van der Waals surface area contributed by atoms with Gasteiger partial charge in [-0.15, -0.1) is 0 Å².